The molecule has 0 saturated heterocycles. The van der Waals surface area contributed by atoms with Crippen LogP contribution in [0.15, 0.2) is 70.2 Å². The van der Waals surface area contributed by atoms with Gasteiger partial charge < -0.3 is 14.5 Å². The van der Waals surface area contributed by atoms with Gasteiger partial charge in [-0.1, -0.05) is 30.3 Å². The average Bonchev–Trinajstić information content (AvgIpc) is 3.23. The van der Waals surface area contributed by atoms with Crippen LogP contribution in [0, 0.1) is 13.8 Å². The highest BCUT2D eigenvalue weighted by molar-refractivity contribution is 7.90. The Morgan fingerprint density at radius 2 is 1.70 bits per heavy atom. The SMILES string of the molecule is Cc1cccc(NC(=O)NC(=O)COC(=O)c2occc2CS(=O)(=O)c2ccccc2)c1C. The Balaban J connectivity index is 1.56. The van der Waals surface area contributed by atoms with Gasteiger partial charge >= 0.3 is 12.0 Å². The molecule has 2 aromatic carbocycles. The first-order valence-corrected chi connectivity index (χ1v) is 11.5. The highest BCUT2D eigenvalue weighted by Crippen LogP contribution is 2.21. The molecule has 0 atom stereocenters. The van der Waals surface area contributed by atoms with Crippen LogP contribution < -0.4 is 10.6 Å². The lowest BCUT2D eigenvalue weighted by atomic mass is 10.1. The minimum atomic E-state index is -3.72. The number of hydrogen-bond donors (Lipinski definition) is 2. The molecule has 0 fully saturated rings. The van der Waals surface area contributed by atoms with Gasteiger partial charge in [0.25, 0.3) is 5.91 Å². The molecule has 3 rings (SSSR count). The first kappa shape index (κ1) is 23.7. The summed E-state index contributed by atoms with van der Waals surface area (Å²) in [7, 11) is -3.72. The number of carbonyl (C=O) groups is 3. The van der Waals surface area contributed by atoms with Crippen molar-refractivity contribution < 1.29 is 32.0 Å². The molecule has 10 heteroatoms. The summed E-state index contributed by atoms with van der Waals surface area (Å²) < 4.78 is 35.1. The number of benzene rings is 2. The quantitative estimate of drug-likeness (QED) is 0.506. The van der Waals surface area contributed by atoms with Crippen molar-refractivity contribution in [2.45, 2.75) is 24.5 Å². The molecule has 0 aliphatic carbocycles. The van der Waals surface area contributed by atoms with E-state index in [-0.39, 0.29) is 16.2 Å². The van der Waals surface area contributed by atoms with Crippen molar-refractivity contribution in [1.29, 1.82) is 0 Å². The standard InChI is InChI=1S/C23H22N2O7S/c1-15-7-6-10-19(16(15)2)24-23(28)25-20(26)13-32-22(27)21-17(11-12-31-21)14-33(29,30)18-8-4-3-5-9-18/h3-12H,13-14H2,1-2H3,(H2,24,25,26,28). The van der Waals surface area contributed by atoms with E-state index >= 15 is 0 Å². The van der Waals surface area contributed by atoms with Crippen LogP contribution in [0.5, 0.6) is 0 Å². The molecule has 1 heterocycles. The van der Waals surface area contributed by atoms with Crippen molar-refractivity contribution in [3.05, 3.63) is 83.3 Å². The molecule has 0 bridgehead atoms. The van der Waals surface area contributed by atoms with E-state index in [9.17, 15) is 22.8 Å². The fourth-order valence-corrected chi connectivity index (χ4v) is 4.32. The maximum Gasteiger partial charge on any atom is 0.375 e. The lowest BCUT2D eigenvalue weighted by molar-refractivity contribution is -0.123. The summed E-state index contributed by atoms with van der Waals surface area (Å²) in [6.45, 7) is 2.95. The molecule has 0 unspecified atom stereocenters. The van der Waals surface area contributed by atoms with Crippen molar-refractivity contribution in [2.24, 2.45) is 0 Å². The van der Waals surface area contributed by atoms with Crippen LogP contribution in [0.3, 0.4) is 0 Å². The van der Waals surface area contributed by atoms with Crippen molar-refractivity contribution in [1.82, 2.24) is 5.32 Å². The molecule has 0 aliphatic heterocycles. The predicted octanol–water partition coefficient (Wildman–Crippen LogP) is 3.38. The third-order valence-corrected chi connectivity index (χ3v) is 6.50. The van der Waals surface area contributed by atoms with Crippen LogP contribution in [-0.2, 0) is 25.1 Å². The maximum absolute atomic E-state index is 12.6. The second-order valence-electron chi connectivity index (χ2n) is 7.17. The number of amides is 3. The van der Waals surface area contributed by atoms with E-state index in [0.717, 1.165) is 17.4 Å². The number of urea groups is 1. The molecular formula is C23H22N2O7S. The van der Waals surface area contributed by atoms with E-state index in [2.05, 4.69) is 10.6 Å². The molecule has 33 heavy (non-hydrogen) atoms. The zero-order valence-corrected chi connectivity index (χ0v) is 18.8. The van der Waals surface area contributed by atoms with Gasteiger partial charge in [0, 0.05) is 11.3 Å². The third kappa shape index (κ3) is 6.07. The molecule has 0 aliphatic rings. The molecule has 0 radical (unpaired) electrons. The largest absolute Gasteiger partial charge is 0.457 e. The molecule has 1 aromatic heterocycles. The number of aryl methyl sites for hydroxylation is 1. The van der Waals surface area contributed by atoms with Crippen LogP contribution >= 0.6 is 0 Å². The minimum Gasteiger partial charge on any atom is -0.457 e. The van der Waals surface area contributed by atoms with Crippen molar-refractivity contribution in [3.8, 4) is 0 Å². The van der Waals surface area contributed by atoms with Gasteiger partial charge in [-0.2, -0.15) is 0 Å². The van der Waals surface area contributed by atoms with Crippen molar-refractivity contribution >= 4 is 33.4 Å². The summed E-state index contributed by atoms with van der Waals surface area (Å²) >= 11 is 0. The van der Waals surface area contributed by atoms with Crippen LogP contribution in [0.4, 0.5) is 10.5 Å². The second kappa shape index (κ2) is 10.1. The molecule has 3 amide bonds. The van der Waals surface area contributed by atoms with Crippen molar-refractivity contribution in [3.63, 3.8) is 0 Å². The number of sulfone groups is 1. The Labute approximate surface area is 190 Å². The maximum atomic E-state index is 12.6. The van der Waals surface area contributed by atoms with E-state index in [1.807, 2.05) is 19.9 Å². The fraction of sp³-hybridized carbons (Fsp3) is 0.174. The molecular weight excluding hydrogens is 448 g/mol. The summed E-state index contributed by atoms with van der Waals surface area (Å²) in [5, 5.41) is 4.61. The Bertz CT molecular complexity index is 1280. The Kier molecular flexibility index (Phi) is 7.29. The van der Waals surface area contributed by atoms with E-state index < -0.39 is 40.1 Å². The van der Waals surface area contributed by atoms with Gasteiger partial charge in [0.2, 0.25) is 5.76 Å². The van der Waals surface area contributed by atoms with Crippen LogP contribution in [-0.4, -0.2) is 32.9 Å². The van der Waals surface area contributed by atoms with Gasteiger partial charge in [-0.15, -0.1) is 0 Å². The number of anilines is 1. The van der Waals surface area contributed by atoms with E-state index in [0.29, 0.717) is 5.69 Å². The minimum absolute atomic E-state index is 0.0944. The third-order valence-electron chi connectivity index (χ3n) is 4.82. The van der Waals surface area contributed by atoms with Gasteiger partial charge in [0.05, 0.1) is 16.9 Å². The topological polar surface area (TPSA) is 132 Å². The summed E-state index contributed by atoms with van der Waals surface area (Å²) in [4.78, 5) is 36.4. The first-order valence-electron chi connectivity index (χ1n) is 9.85. The van der Waals surface area contributed by atoms with Crippen LogP contribution in [0.1, 0.15) is 27.2 Å². The molecule has 172 valence electrons. The number of nitrogens with one attached hydrogen (secondary N) is 2. The van der Waals surface area contributed by atoms with E-state index in [4.69, 9.17) is 9.15 Å². The van der Waals surface area contributed by atoms with Crippen molar-refractivity contribution in [2.75, 3.05) is 11.9 Å². The number of esters is 1. The van der Waals surface area contributed by atoms with Gasteiger partial charge in [-0.25, -0.2) is 18.0 Å². The molecule has 9 nitrogen and oxygen atoms in total. The summed E-state index contributed by atoms with van der Waals surface area (Å²) in [6.07, 6.45) is 1.16. The van der Waals surface area contributed by atoms with E-state index in [1.165, 1.54) is 18.2 Å². The molecule has 0 saturated carbocycles. The number of carbonyl (C=O) groups excluding carboxylic acids is 3. The molecule has 2 N–H and O–H groups in total. The van der Waals surface area contributed by atoms with Crippen LogP contribution in [0.25, 0.3) is 0 Å². The lowest BCUT2D eigenvalue weighted by Crippen LogP contribution is -2.37. The fourth-order valence-electron chi connectivity index (χ4n) is 2.94. The smallest absolute Gasteiger partial charge is 0.375 e. The van der Waals surface area contributed by atoms with Crippen LogP contribution in [0.2, 0.25) is 0 Å². The first-order chi connectivity index (χ1) is 15.7. The second-order valence-corrected chi connectivity index (χ2v) is 9.16. The van der Waals surface area contributed by atoms with E-state index in [1.54, 1.807) is 30.3 Å². The zero-order chi connectivity index (χ0) is 24.0. The normalized spacial score (nSPS) is 11.0. The monoisotopic (exact) mass is 470 g/mol. The summed E-state index contributed by atoms with van der Waals surface area (Å²) in [5.74, 6) is -2.70. The van der Waals surface area contributed by atoms with Gasteiger partial charge in [0.15, 0.2) is 16.4 Å². The predicted molar refractivity (Wildman–Crippen MR) is 119 cm³/mol. The number of hydrogen-bond acceptors (Lipinski definition) is 7. The highest BCUT2D eigenvalue weighted by atomic mass is 32.2. The number of ether oxygens (including phenoxy) is 1. The number of rotatable bonds is 7. The Morgan fingerprint density at radius 1 is 0.970 bits per heavy atom. The lowest BCUT2D eigenvalue weighted by Gasteiger charge is -2.11. The number of imide groups is 1. The average molecular weight is 471 g/mol. The molecule has 3 aromatic rings. The summed E-state index contributed by atoms with van der Waals surface area (Å²) in [5.41, 5.74) is 2.45. The van der Waals surface area contributed by atoms with Gasteiger partial charge in [0.1, 0.15) is 0 Å². The zero-order valence-electron chi connectivity index (χ0n) is 18.0. The molecule has 0 spiro atoms. The summed E-state index contributed by atoms with van der Waals surface area (Å²) in [6, 6.07) is 13.7. The van der Waals surface area contributed by atoms with Gasteiger partial charge in [-0.05, 0) is 49.2 Å². The Hall–Kier alpha value is -3.92. The highest BCUT2D eigenvalue weighted by Gasteiger charge is 2.24. The van der Waals surface area contributed by atoms with Gasteiger partial charge in [-0.3, -0.25) is 10.1 Å². The Morgan fingerprint density at radius 3 is 2.42 bits per heavy atom. The number of furan rings is 1.